The Hall–Kier alpha value is -0.730. The van der Waals surface area contributed by atoms with Gasteiger partial charge in [-0.05, 0) is 5.92 Å². The average Bonchev–Trinajstić information content (AvgIpc) is 1.96. The van der Waals surface area contributed by atoms with Crippen molar-refractivity contribution in [1.82, 2.24) is 4.90 Å². The number of rotatable bonds is 2. The number of cyclic esters (lactones) is 1. The Morgan fingerprint density at radius 1 is 1.67 bits per heavy atom. The molecule has 0 aromatic carbocycles. The van der Waals surface area contributed by atoms with Gasteiger partial charge in [-0.25, -0.2) is 4.79 Å². The van der Waals surface area contributed by atoms with Gasteiger partial charge in [-0.3, -0.25) is 0 Å². The van der Waals surface area contributed by atoms with E-state index in [-0.39, 0.29) is 6.09 Å². The van der Waals surface area contributed by atoms with Crippen LogP contribution in [0.2, 0.25) is 0 Å². The van der Waals surface area contributed by atoms with Crippen molar-refractivity contribution in [2.45, 2.75) is 20.8 Å². The first-order valence-electron chi connectivity index (χ1n) is 4.51. The lowest BCUT2D eigenvalue weighted by molar-refractivity contribution is 0.0438. The maximum Gasteiger partial charge on any atom is 0.409 e. The van der Waals surface area contributed by atoms with Crippen LogP contribution in [0.15, 0.2) is 0 Å². The Morgan fingerprint density at radius 3 is 2.92 bits per heavy atom. The first-order valence-corrected chi connectivity index (χ1v) is 4.51. The van der Waals surface area contributed by atoms with Gasteiger partial charge in [0, 0.05) is 19.0 Å². The number of nitrogens with zero attached hydrogens (tertiary/aromatic N) is 1. The molecule has 0 N–H and O–H groups in total. The minimum Gasteiger partial charge on any atom is -0.449 e. The summed E-state index contributed by atoms with van der Waals surface area (Å²) >= 11 is 0. The second-order valence-corrected chi connectivity index (χ2v) is 3.98. The highest BCUT2D eigenvalue weighted by Crippen LogP contribution is 2.12. The smallest absolute Gasteiger partial charge is 0.409 e. The molecule has 1 rings (SSSR count). The Morgan fingerprint density at radius 2 is 2.33 bits per heavy atom. The van der Waals surface area contributed by atoms with E-state index in [4.69, 9.17) is 4.74 Å². The van der Waals surface area contributed by atoms with E-state index in [1.165, 1.54) is 0 Å². The maximum absolute atomic E-state index is 11.2. The zero-order chi connectivity index (χ0) is 9.14. The molecule has 1 aliphatic rings. The minimum atomic E-state index is -0.151. The predicted octanol–water partition coefficient (Wildman–Crippen LogP) is 1.73. The van der Waals surface area contributed by atoms with Gasteiger partial charge in [0.2, 0.25) is 0 Å². The van der Waals surface area contributed by atoms with Crippen LogP contribution < -0.4 is 0 Å². The second-order valence-electron chi connectivity index (χ2n) is 3.98. The fourth-order valence-electron chi connectivity index (χ4n) is 1.40. The molecule has 0 saturated carbocycles. The number of hydrogen-bond donors (Lipinski definition) is 0. The highest BCUT2D eigenvalue weighted by Gasteiger charge is 2.24. The third-order valence-electron chi connectivity index (χ3n) is 1.87. The largest absolute Gasteiger partial charge is 0.449 e. The molecule has 1 amide bonds. The lowest BCUT2D eigenvalue weighted by Crippen LogP contribution is -2.43. The normalized spacial score (nSPS) is 24.5. The van der Waals surface area contributed by atoms with Crippen molar-refractivity contribution >= 4 is 6.09 Å². The van der Waals surface area contributed by atoms with Crippen LogP contribution in [-0.4, -0.2) is 30.7 Å². The topological polar surface area (TPSA) is 29.5 Å². The lowest BCUT2D eigenvalue weighted by atomic mass is 10.1. The Balaban J connectivity index is 2.43. The monoisotopic (exact) mass is 171 g/mol. The molecule has 0 radical (unpaired) electrons. The zero-order valence-electron chi connectivity index (χ0n) is 8.04. The van der Waals surface area contributed by atoms with Crippen molar-refractivity contribution in [2.24, 2.45) is 11.8 Å². The number of amides is 1. The molecule has 0 aliphatic carbocycles. The molecule has 0 spiro atoms. The van der Waals surface area contributed by atoms with Gasteiger partial charge in [-0.15, -0.1) is 0 Å². The summed E-state index contributed by atoms with van der Waals surface area (Å²) in [6.45, 7) is 8.53. The predicted molar refractivity (Wildman–Crippen MR) is 46.9 cm³/mol. The molecule has 1 unspecified atom stereocenters. The van der Waals surface area contributed by atoms with Crippen molar-refractivity contribution in [3.63, 3.8) is 0 Å². The fourth-order valence-corrected chi connectivity index (χ4v) is 1.40. The molecule has 12 heavy (non-hydrogen) atoms. The summed E-state index contributed by atoms with van der Waals surface area (Å²) in [5.41, 5.74) is 0. The fraction of sp³-hybridized carbons (Fsp3) is 0.889. The van der Waals surface area contributed by atoms with Crippen LogP contribution in [0.25, 0.3) is 0 Å². The molecular formula is C9H17NO2. The molecule has 3 nitrogen and oxygen atoms in total. The van der Waals surface area contributed by atoms with E-state index >= 15 is 0 Å². The second kappa shape index (κ2) is 3.78. The van der Waals surface area contributed by atoms with E-state index in [2.05, 4.69) is 20.8 Å². The van der Waals surface area contributed by atoms with E-state index in [1.807, 2.05) is 0 Å². The Bertz CT molecular complexity index is 166. The van der Waals surface area contributed by atoms with Crippen molar-refractivity contribution in [3.05, 3.63) is 0 Å². The van der Waals surface area contributed by atoms with Crippen molar-refractivity contribution in [3.8, 4) is 0 Å². The molecular weight excluding hydrogens is 154 g/mol. The number of carbonyl (C=O) groups is 1. The summed E-state index contributed by atoms with van der Waals surface area (Å²) in [7, 11) is 0. The first kappa shape index (κ1) is 9.36. The van der Waals surface area contributed by atoms with Crippen LogP contribution in [0, 0.1) is 11.8 Å². The van der Waals surface area contributed by atoms with Crippen LogP contribution in [-0.2, 0) is 4.74 Å². The standard InChI is InChI=1S/C9H17NO2/c1-7(2)4-10-5-8(3)6-12-9(10)11/h7-8H,4-6H2,1-3H3. The van der Waals surface area contributed by atoms with Crippen molar-refractivity contribution < 1.29 is 9.53 Å². The third kappa shape index (κ3) is 2.40. The van der Waals surface area contributed by atoms with E-state index in [0.717, 1.165) is 13.1 Å². The molecule has 0 aromatic heterocycles. The number of carbonyl (C=O) groups excluding carboxylic acids is 1. The summed E-state index contributed by atoms with van der Waals surface area (Å²) in [5, 5.41) is 0. The van der Waals surface area contributed by atoms with E-state index < -0.39 is 0 Å². The van der Waals surface area contributed by atoms with Gasteiger partial charge in [0.05, 0.1) is 6.61 Å². The molecule has 1 aliphatic heterocycles. The van der Waals surface area contributed by atoms with Gasteiger partial charge in [0.1, 0.15) is 0 Å². The summed E-state index contributed by atoms with van der Waals surface area (Å²) in [4.78, 5) is 13.0. The first-order chi connectivity index (χ1) is 5.59. The van der Waals surface area contributed by atoms with Crippen LogP contribution in [0.1, 0.15) is 20.8 Å². The van der Waals surface area contributed by atoms with Crippen LogP contribution >= 0.6 is 0 Å². The van der Waals surface area contributed by atoms with Gasteiger partial charge < -0.3 is 9.64 Å². The van der Waals surface area contributed by atoms with Gasteiger partial charge in [-0.1, -0.05) is 20.8 Å². The van der Waals surface area contributed by atoms with Crippen LogP contribution in [0.5, 0.6) is 0 Å². The van der Waals surface area contributed by atoms with Gasteiger partial charge >= 0.3 is 6.09 Å². The van der Waals surface area contributed by atoms with Crippen molar-refractivity contribution in [2.75, 3.05) is 19.7 Å². The minimum absolute atomic E-state index is 0.151. The number of ether oxygens (including phenoxy) is 1. The third-order valence-corrected chi connectivity index (χ3v) is 1.87. The highest BCUT2D eigenvalue weighted by atomic mass is 16.6. The van der Waals surface area contributed by atoms with E-state index in [1.54, 1.807) is 4.90 Å². The van der Waals surface area contributed by atoms with Gasteiger partial charge in [0.15, 0.2) is 0 Å². The summed E-state index contributed by atoms with van der Waals surface area (Å²) in [6.07, 6.45) is -0.151. The molecule has 1 saturated heterocycles. The maximum atomic E-state index is 11.2. The Kier molecular flexibility index (Phi) is 2.95. The molecule has 0 aromatic rings. The molecule has 1 atom stereocenters. The van der Waals surface area contributed by atoms with Gasteiger partial charge in [-0.2, -0.15) is 0 Å². The zero-order valence-corrected chi connectivity index (χ0v) is 8.04. The quantitative estimate of drug-likeness (QED) is 0.633. The summed E-state index contributed by atoms with van der Waals surface area (Å²) < 4.78 is 4.99. The molecule has 1 heterocycles. The molecule has 0 bridgehead atoms. The van der Waals surface area contributed by atoms with Crippen molar-refractivity contribution in [1.29, 1.82) is 0 Å². The van der Waals surface area contributed by atoms with Crippen LogP contribution in [0.4, 0.5) is 4.79 Å². The molecule has 70 valence electrons. The SMILES string of the molecule is CC(C)CN1CC(C)COC1=O. The van der Waals surface area contributed by atoms with E-state index in [0.29, 0.717) is 18.4 Å². The highest BCUT2D eigenvalue weighted by molar-refractivity contribution is 5.68. The van der Waals surface area contributed by atoms with E-state index in [9.17, 15) is 4.79 Å². The average molecular weight is 171 g/mol. The van der Waals surface area contributed by atoms with Crippen LogP contribution in [0.3, 0.4) is 0 Å². The summed E-state index contributed by atoms with van der Waals surface area (Å²) in [6, 6.07) is 0. The lowest BCUT2D eigenvalue weighted by Gasteiger charge is -2.31. The van der Waals surface area contributed by atoms with Gasteiger partial charge in [0.25, 0.3) is 0 Å². The molecule has 3 heteroatoms. The summed E-state index contributed by atoms with van der Waals surface area (Å²) in [5.74, 6) is 0.990. The molecule has 1 fully saturated rings. The number of hydrogen-bond acceptors (Lipinski definition) is 2. The Labute approximate surface area is 73.7 Å².